The van der Waals surface area contributed by atoms with E-state index in [2.05, 4.69) is 11.9 Å². The van der Waals surface area contributed by atoms with Crippen LogP contribution in [0.4, 0.5) is 0 Å². The summed E-state index contributed by atoms with van der Waals surface area (Å²) in [4.78, 5) is 43.2. The third-order valence-corrected chi connectivity index (χ3v) is 3.79. The number of ether oxygens (including phenoxy) is 1. The molecular weight excluding hydrogens is 322 g/mol. The van der Waals surface area contributed by atoms with E-state index < -0.39 is 5.91 Å². The van der Waals surface area contributed by atoms with Crippen molar-refractivity contribution in [3.8, 4) is 0 Å². The summed E-state index contributed by atoms with van der Waals surface area (Å²) < 4.78 is 5.91. The lowest BCUT2D eigenvalue weighted by Crippen LogP contribution is -2.56. The van der Waals surface area contributed by atoms with Crippen LogP contribution >= 0.6 is 0 Å². The molecule has 24 heavy (non-hydrogen) atoms. The largest absolute Gasteiger partial charge is 0.483 e. The molecule has 0 aromatic carbocycles. The fourth-order valence-electron chi connectivity index (χ4n) is 2.76. The fourth-order valence-corrected chi connectivity index (χ4v) is 2.76. The summed E-state index contributed by atoms with van der Waals surface area (Å²) in [6.07, 6.45) is 1.48. The van der Waals surface area contributed by atoms with Gasteiger partial charge in [0, 0.05) is 26.2 Å². The molecule has 0 aliphatic carbocycles. The van der Waals surface area contributed by atoms with Gasteiger partial charge in [-0.1, -0.05) is 0 Å². The Morgan fingerprint density at radius 3 is 2.08 bits per heavy atom. The monoisotopic (exact) mass is 347 g/mol. The van der Waals surface area contributed by atoms with Crippen molar-refractivity contribution in [1.82, 2.24) is 9.80 Å². The number of likely N-dealkylation sites (tertiary alicyclic amines) is 1. The maximum Gasteiger partial charge on any atom is 0.290 e. The van der Waals surface area contributed by atoms with E-state index in [-0.39, 0.29) is 30.9 Å². The number of carbonyl (C=O) groups excluding carboxylic acids is 2. The van der Waals surface area contributed by atoms with E-state index in [9.17, 15) is 9.59 Å². The van der Waals surface area contributed by atoms with Gasteiger partial charge < -0.3 is 30.5 Å². The van der Waals surface area contributed by atoms with Crippen molar-refractivity contribution in [2.45, 2.75) is 24.9 Å². The molecule has 2 fully saturated rings. The molecule has 2 aliphatic heterocycles. The highest BCUT2D eigenvalue weighted by atomic mass is 16.5. The molecule has 2 saturated heterocycles. The first-order chi connectivity index (χ1) is 11.3. The van der Waals surface area contributed by atoms with Crippen molar-refractivity contribution >= 4 is 24.8 Å². The normalized spacial score (nSPS) is 19.1. The van der Waals surface area contributed by atoms with Crippen molar-refractivity contribution < 1.29 is 34.1 Å². The van der Waals surface area contributed by atoms with Crippen LogP contribution in [-0.2, 0) is 23.9 Å². The van der Waals surface area contributed by atoms with Crippen LogP contribution in [0.2, 0.25) is 0 Å². The number of primary amides is 1. The molecule has 2 amide bonds. The molecule has 2 heterocycles. The second-order valence-corrected chi connectivity index (χ2v) is 5.50. The number of amides is 2. The van der Waals surface area contributed by atoms with Crippen LogP contribution < -0.4 is 5.73 Å². The molecule has 0 atom stereocenters. The summed E-state index contributed by atoms with van der Waals surface area (Å²) in [6.45, 7) is 3.45. The predicted molar refractivity (Wildman–Crippen MR) is 83.2 cm³/mol. The number of nitrogens with zero attached hydrogens (tertiary/aromatic N) is 2. The molecule has 0 bridgehead atoms. The number of rotatable bonds is 2. The highest BCUT2D eigenvalue weighted by molar-refractivity contribution is 5.96. The number of hydrogen-bond acceptors (Lipinski definition) is 6. The molecule has 0 aromatic rings. The van der Waals surface area contributed by atoms with E-state index in [0.29, 0.717) is 13.1 Å². The Hall–Kier alpha value is -2.20. The fraction of sp³-hybridized carbons (Fsp3) is 0.714. The summed E-state index contributed by atoms with van der Waals surface area (Å²) in [5.41, 5.74) is 4.94. The average Bonchev–Trinajstić information content (AvgIpc) is 2.48. The summed E-state index contributed by atoms with van der Waals surface area (Å²) in [5, 5.41) is 13.8. The molecular formula is C14H25N3O7. The van der Waals surface area contributed by atoms with Crippen molar-refractivity contribution in [2.75, 3.05) is 39.8 Å². The van der Waals surface area contributed by atoms with Crippen molar-refractivity contribution in [2.24, 2.45) is 5.73 Å². The Morgan fingerprint density at radius 1 is 1.17 bits per heavy atom. The summed E-state index contributed by atoms with van der Waals surface area (Å²) in [7, 11) is 2.09. The maximum absolute atomic E-state index is 11.7. The number of likely N-dealkylation sites (N-methyl/N-ethyl adjacent to an activating group) is 1. The van der Waals surface area contributed by atoms with Gasteiger partial charge in [-0.2, -0.15) is 0 Å². The molecule has 10 heteroatoms. The molecule has 0 saturated carbocycles. The highest BCUT2D eigenvalue weighted by Crippen LogP contribution is 2.29. The van der Waals surface area contributed by atoms with Gasteiger partial charge in [0.25, 0.3) is 12.9 Å². The summed E-state index contributed by atoms with van der Waals surface area (Å²) >= 11 is 0. The molecule has 1 spiro atoms. The zero-order chi connectivity index (χ0) is 18.6. The highest BCUT2D eigenvalue weighted by Gasteiger charge is 2.39. The van der Waals surface area contributed by atoms with Gasteiger partial charge in [0.1, 0.15) is 6.42 Å². The van der Waals surface area contributed by atoms with E-state index in [1.54, 1.807) is 4.90 Å². The van der Waals surface area contributed by atoms with Gasteiger partial charge in [0.15, 0.2) is 0 Å². The number of piperidine rings is 1. The predicted octanol–water partition coefficient (Wildman–Crippen LogP) is -1.41. The number of hydrogen-bond donors (Lipinski definition) is 3. The van der Waals surface area contributed by atoms with E-state index in [0.717, 1.165) is 32.5 Å². The van der Waals surface area contributed by atoms with Crippen molar-refractivity contribution in [1.29, 1.82) is 0 Å². The molecule has 4 N–H and O–H groups in total. The standard InChI is InChI=1S/C12H21N3O3.2CH2O2/c1-14-6-7-18-12(9-14)2-4-15(5-3-12)11(17)8-10(13)16;2*2-1-3/h2-9H2,1H3,(H2,13,16);2*1H,(H,2,3). The van der Waals surface area contributed by atoms with E-state index >= 15 is 0 Å². The van der Waals surface area contributed by atoms with Crippen LogP contribution in [0.5, 0.6) is 0 Å². The Kier molecular flexibility index (Phi) is 10.3. The van der Waals surface area contributed by atoms with Crippen LogP contribution in [0.25, 0.3) is 0 Å². The van der Waals surface area contributed by atoms with Crippen molar-refractivity contribution in [3.63, 3.8) is 0 Å². The third-order valence-electron chi connectivity index (χ3n) is 3.79. The minimum Gasteiger partial charge on any atom is -0.483 e. The molecule has 2 aliphatic rings. The molecule has 0 unspecified atom stereocenters. The Morgan fingerprint density at radius 2 is 1.67 bits per heavy atom. The van der Waals surface area contributed by atoms with Gasteiger partial charge in [-0.3, -0.25) is 19.2 Å². The minimum atomic E-state index is -0.561. The van der Waals surface area contributed by atoms with Gasteiger partial charge in [-0.25, -0.2) is 0 Å². The maximum atomic E-state index is 11.7. The molecule has 0 aromatic heterocycles. The lowest BCUT2D eigenvalue weighted by Gasteiger charge is -2.46. The first-order valence-corrected chi connectivity index (χ1v) is 7.38. The Labute approximate surface area is 140 Å². The van der Waals surface area contributed by atoms with Gasteiger partial charge in [-0.15, -0.1) is 0 Å². The van der Waals surface area contributed by atoms with Gasteiger partial charge in [0.2, 0.25) is 11.8 Å². The van der Waals surface area contributed by atoms with E-state index in [1.807, 2.05) is 0 Å². The molecule has 10 nitrogen and oxygen atoms in total. The van der Waals surface area contributed by atoms with Crippen LogP contribution in [0.15, 0.2) is 0 Å². The van der Waals surface area contributed by atoms with Crippen LogP contribution in [0.3, 0.4) is 0 Å². The topological polar surface area (TPSA) is 150 Å². The zero-order valence-electron chi connectivity index (χ0n) is 13.7. The summed E-state index contributed by atoms with van der Waals surface area (Å²) in [5.74, 6) is -0.726. The number of morpholine rings is 1. The Balaban J connectivity index is 0.000000772. The average molecular weight is 347 g/mol. The van der Waals surface area contributed by atoms with Gasteiger partial charge in [0.05, 0.1) is 12.2 Å². The second kappa shape index (κ2) is 11.4. The molecule has 0 radical (unpaired) electrons. The quantitative estimate of drug-likeness (QED) is 0.407. The third kappa shape index (κ3) is 7.88. The Bertz CT molecular complexity index is 417. The lowest BCUT2D eigenvalue weighted by atomic mass is 9.89. The smallest absolute Gasteiger partial charge is 0.290 e. The first kappa shape index (κ1) is 21.8. The van der Waals surface area contributed by atoms with E-state index in [1.165, 1.54) is 0 Å². The van der Waals surface area contributed by atoms with Gasteiger partial charge >= 0.3 is 0 Å². The second-order valence-electron chi connectivity index (χ2n) is 5.50. The van der Waals surface area contributed by atoms with Crippen LogP contribution in [0.1, 0.15) is 19.3 Å². The van der Waals surface area contributed by atoms with Crippen LogP contribution in [0, 0.1) is 0 Å². The minimum absolute atomic E-state index is 0.101. The SMILES string of the molecule is CN1CCOC2(CCN(C(=O)CC(N)=O)CC2)C1.O=CO.O=CO. The van der Waals surface area contributed by atoms with Crippen molar-refractivity contribution in [3.05, 3.63) is 0 Å². The number of nitrogens with two attached hydrogens (primary N) is 1. The molecule has 138 valence electrons. The summed E-state index contributed by atoms with van der Waals surface area (Å²) in [6, 6.07) is 0. The first-order valence-electron chi connectivity index (χ1n) is 7.38. The van der Waals surface area contributed by atoms with Crippen LogP contribution in [-0.4, -0.2) is 90.2 Å². The van der Waals surface area contributed by atoms with E-state index in [4.69, 9.17) is 30.3 Å². The lowest BCUT2D eigenvalue weighted by molar-refractivity contribution is -0.149. The van der Waals surface area contributed by atoms with Gasteiger partial charge in [-0.05, 0) is 19.9 Å². The number of carboxylic acid groups (broad SMARTS) is 2. The number of carbonyl (C=O) groups is 4. The molecule has 2 rings (SSSR count). The zero-order valence-corrected chi connectivity index (χ0v) is 13.7.